The third kappa shape index (κ3) is 2.66. The first kappa shape index (κ1) is 12.5. The lowest BCUT2D eigenvalue weighted by Gasteiger charge is -2.07. The van der Waals surface area contributed by atoms with Crippen LogP contribution in [0.15, 0.2) is 29.7 Å². The fourth-order valence-electron chi connectivity index (χ4n) is 1.37. The van der Waals surface area contributed by atoms with Crippen LogP contribution in [-0.2, 0) is 11.4 Å². The molecule has 2 aromatic heterocycles. The first-order valence-corrected chi connectivity index (χ1v) is 6.01. The van der Waals surface area contributed by atoms with E-state index in [1.807, 2.05) is 0 Å². The summed E-state index contributed by atoms with van der Waals surface area (Å²) in [5.41, 5.74) is 0.680. The molecule has 0 fully saturated rings. The summed E-state index contributed by atoms with van der Waals surface area (Å²) in [6, 6.07) is 3.52. The topological polar surface area (TPSA) is 101 Å². The molecule has 0 radical (unpaired) electrons. The van der Waals surface area contributed by atoms with Gasteiger partial charge >= 0.3 is 5.97 Å². The molecule has 0 saturated heterocycles. The van der Waals surface area contributed by atoms with Gasteiger partial charge in [0, 0.05) is 6.20 Å². The number of hydrogen-bond acceptors (Lipinski definition) is 6. The van der Waals surface area contributed by atoms with Crippen molar-refractivity contribution < 1.29 is 15.0 Å². The zero-order valence-electron chi connectivity index (χ0n) is 9.22. The summed E-state index contributed by atoms with van der Waals surface area (Å²) in [4.78, 5) is 14.5. The van der Waals surface area contributed by atoms with Crippen LogP contribution in [0.3, 0.4) is 0 Å². The van der Waals surface area contributed by atoms with Crippen molar-refractivity contribution in [3.05, 3.63) is 30.4 Å². The Morgan fingerprint density at radius 1 is 1.44 bits per heavy atom. The quantitative estimate of drug-likeness (QED) is 0.752. The smallest absolute Gasteiger partial charge is 0.313 e. The highest BCUT2D eigenvalue weighted by atomic mass is 32.2. The van der Waals surface area contributed by atoms with Crippen LogP contribution < -0.4 is 0 Å². The van der Waals surface area contributed by atoms with E-state index in [1.165, 1.54) is 0 Å². The lowest BCUT2D eigenvalue weighted by molar-refractivity contribution is -0.133. The van der Waals surface area contributed by atoms with Gasteiger partial charge in [-0.25, -0.2) is 0 Å². The van der Waals surface area contributed by atoms with Crippen LogP contribution in [0, 0.1) is 0 Å². The highest BCUT2D eigenvalue weighted by Crippen LogP contribution is 2.21. The van der Waals surface area contributed by atoms with Gasteiger partial charge in [-0.05, 0) is 12.1 Å². The van der Waals surface area contributed by atoms with Crippen LogP contribution in [0.2, 0.25) is 0 Å². The Labute approximate surface area is 107 Å². The number of aliphatic hydroxyl groups excluding tert-OH is 1. The molecule has 18 heavy (non-hydrogen) atoms. The van der Waals surface area contributed by atoms with Gasteiger partial charge in [-0.3, -0.25) is 14.3 Å². The molecule has 0 aliphatic heterocycles. The molecular formula is C10H10N4O3S. The number of aliphatic carboxylic acids is 1. The lowest BCUT2D eigenvalue weighted by Crippen LogP contribution is -2.05. The molecule has 0 bridgehead atoms. The molecular weight excluding hydrogens is 256 g/mol. The van der Waals surface area contributed by atoms with Gasteiger partial charge in [-0.1, -0.05) is 11.8 Å². The first-order chi connectivity index (χ1) is 8.72. The molecule has 0 spiro atoms. The van der Waals surface area contributed by atoms with Crippen molar-refractivity contribution in [3.63, 3.8) is 0 Å². The number of nitrogens with zero attached hydrogens (tertiary/aromatic N) is 4. The van der Waals surface area contributed by atoms with Crippen molar-refractivity contribution >= 4 is 17.7 Å². The SMILES string of the molecule is O=C(O)CSc1nnc(CO)n1-c1cccnc1. The summed E-state index contributed by atoms with van der Waals surface area (Å²) in [6.07, 6.45) is 3.21. The van der Waals surface area contributed by atoms with Crippen molar-refractivity contribution in [1.82, 2.24) is 19.7 Å². The van der Waals surface area contributed by atoms with E-state index in [-0.39, 0.29) is 12.4 Å². The number of thioether (sulfide) groups is 1. The molecule has 0 unspecified atom stereocenters. The minimum absolute atomic E-state index is 0.121. The Kier molecular flexibility index (Phi) is 3.90. The van der Waals surface area contributed by atoms with E-state index in [4.69, 9.17) is 5.11 Å². The molecule has 8 heteroatoms. The van der Waals surface area contributed by atoms with Gasteiger partial charge in [-0.15, -0.1) is 10.2 Å². The summed E-state index contributed by atoms with van der Waals surface area (Å²) in [6.45, 7) is -0.282. The Balaban J connectivity index is 2.37. The van der Waals surface area contributed by atoms with E-state index >= 15 is 0 Å². The molecule has 7 nitrogen and oxygen atoms in total. The summed E-state index contributed by atoms with van der Waals surface area (Å²) in [5, 5.41) is 25.9. The molecule has 2 rings (SSSR count). The van der Waals surface area contributed by atoms with Crippen molar-refractivity contribution in [2.24, 2.45) is 0 Å². The number of aliphatic hydroxyl groups is 1. The number of carbonyl (C=O) groups is 1. The van der Waals surface area contributed by atoms with Gasteiger partial charge in [0.25, 0.3) is 0 Å². The molecule has 94 valence electrons. The van der Waals surface area contributed by atoms with Crippen molar-refractivity contribution in [2.75, 3.05) is 5.75 Å². The zero-order chi connectivity index (χ0) is 13.0. The number of carboxylic acids is 1. The molecule has 2 N–H and O–H groups in total. The zero-order valence-corrected chi connectivity index (χ0v) is 10.0. The van der Waals surface area contributed by atoms with Crippen molar-refractivity contribution in [3.8, 4) is 5.69 Å². The Hall–Kier alpha value is -1.93. The van der Waals surface area contributed by atoms with E-state index in [1.54, 1.807) is 29.1 Å². The minimum atomic E-state index is -0.939. The van der Waals surface area contributed by atoms with E-state index in [0.29, 0.717) is 16.7 Å². The molecule has 0 aromatic carbocycles. The second kappa shape index (κ2) is 5.61. The van der Waals surface area contributed by atoms with Crippen molar-refractivity contribution in [2.45, 2.75) is 11.8 Å². The standard InChI is InChI=1S/C10H10N4O3S/c15-5-8-12-13-10(18-6-9(16)17)14(8)7-2-1-3-11-4-7/h1-4,15H,5-6H2,(H,16,17). The van der Waals surface area contributed by atoms with Gasteiger partial charge in [0.05, 0.1) is 17.6 Å². The maximum Gasteiger partial charge on any atom is 0.313 e. The minimum Gasteiger partial charge on any atom is -0.481 e. The van der Waals surface area contributed by atoms with Crippen LogP contribution in [-0.4, -0.2) is 41.7 Å². The van der Waals surface area contributed by atoms with E-state index in [2.05, 4.69) is 15.2 Å². The summed E-state index contributed by atoms with van der Waals surface area (Å²) in [7, 11) is 0. The number of pyridine rings is 1. The first-order valence-electron chi connectivity index (χ1n) is 5.02. The second-order valence-corrected chi connectivity index (χ2v) is 4.23. The number of rotatable bonds is 5. The Bertz CT molecular complexity index is 543. The fourth-order valence-corrected chi connectivity index (χ4v) is 2.06. The Morgan fingerprint density at radius 2 is 2.28 bits per heavy atom. The molecule has 0 atom stereocenters. The second-order valence-electron chi connectivity index (χ2n) is 3.29. The number of hydrogen-bond donors (Lipinski definition) is 2. The largest absolute Gasteiger partial charge is 0.481 e. The van der Waals surface area contributed by atoms with Crippen molar-refractivity contribution in [1.29, 1.82) is 0 Å². The Morgan fingerprint density at radius 3 is 2.89 bits per heavy atom. The third-order valence-corrected chi connectivity index (χ3v) is 2.98. The molecule has 0 amide bonds. The van der Waals surface area contributed by atoms with Gasteiger partial charge in [0.15, 0.2) is 11.0 Å². The average molecular weight is 266 g/mol. The van der Waals surface area contributed by atoms with Crippen LogP contribution in [0.1, 0.15) is 5.82 Å². The lowest BCUT2D eigenvalue weighted by atomic mass is 10.4. The van der Waals surface area contributed by atoms with Crippen LogP contribution >= 0.6 is 11.8 Å². The summed E-state index contributed by atoms with van der Waals surface area (Å²) < 4.78 is 1.58. The molecule has 2 heterocycles. The van der Waals surface area contributed by atoms with Gasteiger partial charge < -0.3 is 10.2 Å². The maximum absolute atomic E-state index is 10.6. The highest BCUT2D eigenvalue weighted by Gasteiger charge is 2.14. The monoisotopic (exact) mass is 266 g/mol. The molecule has 0 aliphatic rings. The molecule has 0 aliphatic carbocycles. The van der Waals surface area contributed by atoms with Crippen LogP contribution in [0.5, 0.6) is 0 Å². The van der Waals surface area contributed by atoms with Gasteiger partial charge in [-0.2, -0.15) is 0 Å². The van der Waals surface area contributed by atoms with Gasteiger partial charge in [0.1, 0.15) is 6.61 Å². The van der Waals surface area contributed by atoms with E-state index < -0.39 is 5.97 Å². The average Bonchev–Trinajstić information content (AvgIpc) is 2.80. The van der Waals surface area contributed by atoms with Crippen LogP contribution in [0.25, 0.3) is 5.69 Å². The normalized spacial score (nSPS) is 10.5. The van der Waals surface area contributed by atoms with E-state index in [0.717, 1.165) is 11.8 Å². The highest BCUT2D eigenvalue weighted by molar-refractivity contribution is 7.99. The number of aromatic nitrogens is 4. The number of carboxylic acid groups (broad SMARTS) is 1. The fraction of sp³-hybridized carbons (Fsp3) is 0.200. The van der Waals surface area contributed by atoms with E-state index in [9.17, 15) is 9.90 Å². The maximum atomic E-state index is 10.6. The predicted octanol–water partition coefficient (Wildman–Crippen LogP) is 0.331. The van der Waals surface area contributed by atoms with Crippen LogP contribution in [0.4, 0.5) is 0 Å². The summed E-state index contributed by atoms with van der Waals surface area (Å²) >= 11 is 1.04. The predicted molar refractivity (Wildman–Crippen MR) is 63.4 cm³/mol. The summed E-state index contributed by atoms with van der Waals surface area (Å²) in [5.74, 6) is -0.716. The molecule has 0 saturated carbocycles. The molecule has 2 aromatic rings. The van der Waals surface area contributed by atoms with Gasteiger partial charge in [0.2, 0.25) is 0 Å². The third-order valence-electron chi connectivity index (χ3n) is 2.07.